The molecule has 0 spiro atoms. The van der Waals surface area contributed by atoms with Crippen molar-refractivity contribution >= 4 is 40.9 Å². The maximum atomic E-state index is 12.3. The van der Waals surface area contributed by atoms with Crippen LogP contribution in [0.1, 0.15) is 17.3 Å². The summed E-state index contributed by atoms with van der Waals surface area (Å²) in [5.74, 6) is -0.411. The molecule has 3 N–H and O–H groups in total. The molecule has 27 heavy (non-hydrogen) atoms. The van der Waals surface area contributed by atoms with E-state index >= 15 is 0 Å². The van der Waals surface area contributed by atoms with Gasteiger partial charge in [-0.15, -0.1) is 10.2 Å². The van der Waals surface area contributed by atoms with Crippen molar-refractivity contribution in [3.8, 4) is 11.5 Å². The molecule has 0 saturated heterocycles. The predicted molar refractivity (Wildman–Crippen MR) is 104 cm³/mol. The lowest BCUT2D eigenvalue weighted by Crippen LogP contribution is -2.22. The van der Waals surface area contributed by atoms with Crippen LogP contribution in [0, 0.1) is 0 Å². The first-order chi connectivity index (χ1) is 12.9. The molecular weight excluding hydrogens is 388 g/mol. The highest BCUT2D eigenvalue weighted by atomic mass is 35.5. The van der Waals surface area contributed by atoms with Crippen LogP contribution in [-0.4, -0.2) is 27.3 Å². The molecule has 2 amide bonds. The van der Waals surface area contributed by atoms with Crippen molar-refractivity contribution in [2.75, 3.05) is 5.32 Å². The average Bonchev–Trinajstić information content (AvgIpc) is 3.11. The molecule has 1 atom stereocenters. The summed E-state index contributed by atoms with van der Waals surface area (Å²) in [6, 6.07) is 13.3. The minimum atomic E-state index is -0.523. The molecule has 0 saturated carbocycles. The first-order valence-corrected chi connectivity index (χ1v) is 9.15. The number of nitrogens with one attached hydrogen (secondary N) is 1. The molecule has 3 aromatic rings. The van der Waals surface area contributed by atoms with E-state index in [4.69, 9.17) is 21.8 Å². The average molecular weight is 403 g/mol. The molecule has 1 aromatic heterocycles. The number of aromatic nitrogens is 2. The van der Waals surface area contributed by atoms with Gasteiger partial charge in [0.05, 0.1) is 5.25 Å². The molecule has 0 unspecified atom stereocenters. The lowest BCUT2D eigenvalue weighted by atomic mass is 10.2. The van der Waals surface area contributed by atoms with Crippen LogP contribution in [0.25, 0.3) is 11.5 Å². The van der Waals surface area contributed by atoms with Gasteiger partial charge in [0.25, 0.3) is 5.22 Å². The van der Waals surface area contributed by atoms with E-state index in [1.54, 1.807) is 55.5 Å². The topological polar surface area (TPSA) is 111 Å². The highest BCUT2D eigenvalue weighted by Crippen LogP contribution is 2.27. The molecule has 3 rings (SSSR count). The number of carbonyl (C=O) groups excluding carboxylic acids is 2. The summed E-state index contributed by atoms with van der Waals surface area (Å²) >= 11 is 7.01. The van der Waals surface area contributed by atoms with Gasteiger partial charge in [0, 0.05) is 21.8 Å². The number of hydrogen-bond donors (Lipinski definition) is 2. The Morgan fingerprint density at radius 3 is 2.41 bits per heavy atom. The zero-order valence-electron chi connectivity index (χ0n) is 14.2. The van der Waals surface area contributed by atoms with Crippen molar-refractivity contribution in [3.63, 3.8) is 0 Å². The Kier molecular flexibility index (Phi) is 5.78. The third-order valence-electron chi connectivity index (χ3n) is 3.58. The molecule has 0 aliphatic rings. The highest BCUT2D eigenvalue weighted by molar-refractivity contribution is 8.00. The Morgan fingerprint density at radius 2 is 1.78 bits per heavy atom. The third-order valence-corrected chi connectivity index (χ3v) is 4.77. The van der Waals surface area contributed by atoms with E-state index in [1.807, 2.05) is 0 Å². The molecule has 0 fully saturated rings. The van der Waals surface area contributed by atoms with Gasteiger partial charge in [-0.3, -0.25) is 9.59 Å². The van der Waals surface area contributed by atoms with E-state index in [9.17, 15) is 9.59 Å². The fourth-order valence-corrected chi connectivity index (χ4v) is 2.94. The van der Waals surface area contributed by atoms with Gasteiger partial charge in [-0.05, 0) is 55.5 Å². The number of thioether (sulfide) groups is 1. The zero-order chi connectivity index (χ0) is 19.4. The molecule has 9 heteroatoms. The second kappa shape index (κ2) is 8.24. The second-order valence-electron chi connectivity index (χ2n) is 5.57. The van der Waals surface area contributed by atoms with Crippen molar-refractivity contribution in [2.45, 2.75) is 17.4 Å². The Hall–Kier alpha value is -2.84. The summed E-state index contributed by atoms with van der Waals surface area (Å²) in [7, 11) is 0. The minimum absolute atomic E-state index is 0.238. The third kappa shape index (κ3) is 4.87. The van der Waals surface area contributed by atoms with Crippen molar-refractivity contribution in [3.05, 3.63) is 59.1 Å². The molecule has 2 aromatic carbocycles. The quantitative estimate of drug-likeness (QED) is 0.609. The van der Waals surface area contributed by atoms with Crippen LogP contribution >= 0.6 is 23.4 Å². The summed E-state index contributed by atoms with van der Waals surface area (Å²) in [4.78, 5) is 23.4. The van der Waals surface area contributed by atoms with Crippen molar-refractivity contribution < 1.29 is 14.0 Å². The Morgan fingerprint density at radius 1 is 1.11 bits per heavy atom. The lowest BCUT2D eigenvalue weighted by Gasteiger charge is -2.10. The van der Waals surface area contributed by atoms with E-state index in [0.717, 1.165) is 17.3 Å². The number of amides is 2. The fraction of sp³-hybridized carbons (Fsp3) is 0.111. The van der Waals surface area contributed by atoms with Gasteiger partial charge in [0.15, 0.2) is 0 Å². The van der Waals surface area contributed by atoms with Gasteiger partial charge >= 0.3 is 0 Å². The number of primary amides is 1. The summed E-state index contributed by atoms with van der Waals surface area (Å²) in [6.45, 7) is 1.73. The highest BCUT2D eigenvalue weighted by Gasteiger charge is 2.19. The minimum Gasteiger partial charge on any atom is -0.411 e. The second-order valence-corrected chi connectivity index (χ2v) is 7.30. The summed E-state index contributed by atoms with van der Waals surface area (Å²) in [5, 5.41) is 11.1. The van der Waals surface area contributed by atoms with Crippen LogP contribution in [0.4, 0.5) is 5.69 Å². The summed E-state index contributed by atoms with van der Waals surface area (Å²) in [6.07, 6.45) is 0. The molecule has 0 aliphatic heterocycles. The van der Waals surface area contributed by atoms with Gasteiger partial charge < -0.3 is 15.5 Å². The smallest absolute Gasteiger partial charge is 0.277 e. The summed E-state index contributed by atoms with van der Waals surface area (Å²) < 4.78 is 5.59. The number of halogens is 1. The number of nitrogens with zero attached hydrogens (tertiary/aromatic N) is 2. The number of anilines is 1. The summed E-state index contributed by atoms with van der Waals surface area (Å²) in [5.41, 5.74) is 6.86. The molecule has 1 heterocycles. The van der Waals surface area contributed by atoms with Crippen LogP contribution in [0.15, 0.2) is 58.2 Å². The lowest BCUT2D eigenvalue weighted by molar-refractivity contribution is -0.115. The molecule has 7 nitrogen and oxygen atoms in total. The number of rotatable bonds is 6. The Balaban J connectivity index is 1.61. The fourth-order valence-electron chi connectivity index (χ4n) is 2.13. The van der Waals surface area contributed by atoms with Gasteiger partial charge in [0.2, 0.25) is 17.7 Å². The van der Waals surface area contributed by atoms with Crippen LogP contribution in [0.5, 0.6) is 0 Å². The van der Waals surface area contributed by atoms with E-state index in [-0.39, 0.29) is 11.1 Å². The van der Waals surface area contributed by atoms with Gasteiger partial charge in [0.1, 0.15) is 0 Å². The first-order valence-electron chi connectivity index (χ1n) is 7.89. The van der Waals surface area contributed by atoms with Crippen molar-refractivity contribution in [1.82, 2.24) is 10.2 Å². The number of benzene rings is 2. The Bertz CT molecular complexity index is 957. The van der Waals surface area contributed by atoms with E-state index in [1.165, 1.54) is 0 Å². The first kappa shape index (κ1) is 18.9. The predicted octanol–water partition coefficient (Wildman–Crippen LogP) is 3.61. The Labute approximate surface area is 164 Å². The number of hydrogen-bond acceptors (Lipinski definition) is 6. The van der Waals surface area contributed by atoms with E-state index in [2.05, 4.69) is 15.5 Å². The van der Waals surface area contributed by atoms with Crippen LogP contribution in [0.2, 0.25) is 5.02 Å². The molecule has 0 radical (unpaired) electrons. The largest absolute Gasteiger partial charge is 0.411 e. The normalized spacial score (nSPS) is 11.8. The number of nitrogens with two attached hydrogens (primary N) is 1. The maximum absolute atomic E-state index is 12.3. The molecule has 138 valence electrons. The standard InChI is InChI=1S/C18H15ClN4O3S/c1-10(16(25)21-14-8-4-11(5-9-14)15(20)24)27-18-23-22-17(26-18)12-2-6-13(19)7-3-12/h2-10H,1H3,(H2,20,24)(H,21,25)/t10-/m0/s1. The molecular formula is C18H15ClN4O3S. The van der Waals surface area contributed by atoms with Gasteiger partial charge in [-0.1, -0.05) is 23.4 Å². The molecule has 0 bridgehead atoms. The van der Waals surface area contributed by atoms with Gasteiger partial charge in [-0.25, -0.2) is 0 Å². The SMILES string of the molecule is C[C@H](Sc1nnc(-c2ccc(Cl)cc2)o1)C(=O)Nc1ccc(C(N)=O)cc1. The number of carbonyl (C=O) groups is 2. The van der Waals surface area contributed by atoms with Crippen molar-refractivity contribution in [2.24, 2.45) is 5.73 Å². The maximum Gasteiger partial charge on any atom is 0.277 e. The molecule has 0 aliphatic carbocycles. The monoisotopic (exact) mass is 402 g/mol. The van der Waals surface area contributed by atoms with E-state index in [0.29, 0.717) is 22.2 Å². The van der Waals surface area contributed by atoms with Crippen molar-refractivity contribution in [1.29, 1.82) is 0 Å². The van der Waals surface area contributed by atoms with Crippen LogP contribution in [-0.2, 0) is 4.79 Å². The van der Waals surface area contributed by atoms with Crippen LogP contribution < -0.4 is 11.1 Å². The van der Waals surface area contributed by atoms with Gasteiger partial charge in [-0.2, -0.15) is 0 Å². The zero-order valence-corrected chi connectivity index (χ0v) is 15.8. The van der Waals surface area contributed by atoms with Crippen LogP contribution in [0.3, 0.4) is 0 Å². The van der Waals surface area contributed by atoms with E-state index < -0.39 is 11.2 Å².